The van der Waals surface area contributed by atoms with Gasteiger partial charge in [0.25, 0.3) is 0 Å². The summed E-state index contributed by atoms with van der Waals surface area (Å²) >= 11 is 3.26. The Hall–Kier alpha value is -0.500. The van der Waals surface area contributed by atoms with Gasteiger partial charge in [0, 0.05) is 36.7 Å². The molecular weight excluding hydrogens is 385 g/mol. The van der Waals surface area contributed by atoms with Gasteiger partial charge >= 0.3 is 6.36 Å². The molecule has 0 amide bonds. The lowest BCUT2D eigenvalue weighted by Gasteiger charge is -2.35. The molecule has 1 aliphatic heterocycles. The Morgan fingerprint density at radius 2 is 1.91 bits per heavy atom. The molecule has 126 valence electrons. The van der Waals surface area contributed by atoms with Crippen molar-refractivity contribution in [2.24, 2.45) is 0 Å². The van der Waals surface area contributed by atoms with E-state index in [1.807, 2.05) is 13.0 Å². The third kappa shape index (κ3) is 5.61. The molecule has 3 nitrogen and oxygen atoms in total. The number of ether oxygens (including phenoxy) is 1. The Morgan fingerprint density at radius 3 is 2.45 bits per heavy atom. The normalized spacial score (nSPS) is 17.7. The maximum absolute atomic E-state index is 12.4. The number of alkyl halides is 3. The van der Waals surface area contributed by atoms with Gasteiger partial charge in [-0.15, -0.1) is 25.6 Å². The SMILES string of the molecule is CC[C@H](c1cc(Br)cc(OC(F)(F)F)c1)N1CCNCC1.Cl. The van der Waals surface area contributed by atoms with Crippen LogP contribution in [-0.2, 0) is 0 Å². The van der Waals surface area contributed by atoms with Gasteiger partial charge in [0.15, 0.2) is 0 Å². The van der Waals surface area contributed by atoms with E-state index in [9.17, 15) is 13.2 Å². The third-order valence-electron chi connectivity index (χ3n) is 3.49. The van der Waals surface area contributed by atoms with Crippen molar-refractivity contribution in [1.82, 2.24) is 10.2 Å². The molecule has 0 spiro atoms. The monoisotopic (exact) mass is 402 g/mol. The van der Waals surface area contributed by atoms with Gasteiger partial charge in [-0.2, -0.15) is 0 Å². The van der Waals surface area contributed by atoms with Crippen molar-refractivity contribution in [1.29, 1.82) is 0 Å². The third-order valence-corrected chi connectivity index (χ3v) is 3.95. The van der Waals surface area contributed by atoms with Crippen molar-refractivity contribution in [3.63, 3.8) is 0 Å². The van der Waals surface area contributed by atoms with Gasteiger partial charge in [0.1, 0.15) is 5.75 Å². The van der Waals surface area contributed by atoms with E-state index < -0.39 is 6.36 Å². The van der Waals surface area contributed by atoms with Crippen LogP contribution in [0.4, 0.5) is 13.2 Å². The first-order valence-electron chi connectivity index (χ1n) is 6.90. The van der Waals surface area contributed by atoms with E-state index in [1.54, 1.807) is 0 Å². The predicted molar refractivity (Wildman–Crippen MR) is 85.5 cm³/mol. The highest BCUT2D eigenvalue weighted by atomic mass is 79.9. The topological polar surface area (TPSA) is 24.5 Å². The predicted octanol–water partition coefficient (Wildman–Crippen LogP) is 4.13. The number of benzene rings is 1. The molecule has 0 aliphatic carbocycles. The highest BCUT2D eigenvalue weighted by molar-refractivity contribution is 9.10. The molecule has 1 fully saturated rings. The Labute approximate surface area is 142 Å². The highest BCUT2D eigenvalue weighted by Crippen LogP contribution is 2.33. The van der Waals surface area contributed by atoms with E-state index in [2.05, 4.69) is 30.9 Å². The standard InChI is InChI=1S/C14H18BrF3N2O.ClH/c1-2-13(20-5-3-19-4-6-20)10-7-11(15)9-12(8-10)21-14(16,17)18;/h7-9,13,19H,2-6H2,1H3;1H/t13-;/m1./s1. The van der Waals surface area contributed by atoms with Gasteiger partial charge in [-0.1, -0.05) is 22.9 Å². The number of hydrogen-bond acceptors (Lipinski definition) is 3. The molecule has 1 saturated heterocycles. The lowest BCUT2D eigenvalue weighted by molar-refractivity contribution is -0.274. The summed E-state index contributed by atoms with van der Waals surface area (Å²) in [5.41, 5.74) is 0.841. The second kappa shape index (κ2) is 8.38. The van der Waals surface area contributed by atoms with Gasteiger partial charge in [-0.25, -0.2) is 0 Å². The molecule has 1 aromatic rings. The number of nitrogens with zero attached hydrogens (tertiary/aromatic N) is 1. The number of piperazine rings is 1. The molecule has 1 heterocycles. The minimum Gasteiger partial charge on any atom is -0.406 e. The lowest BCUT2D eigenvalue weighted by Crippen LogP contribution is -2.45. The zero-order valence-electron chi connectivity index (χ0n) is 12.1. The van der Waals surface area contributed by atoms with Crippen LogP contribution in [0.2, 0.25) is 0 Å². The van der Waals surface area contributed by atoms with Crippen molar-refractivity contribution < 1.29 is 17.9 Å². The maximum atomic E-state index is 12.4. The second-order valence-electron chi connectivity index (χ2n) is 4.98. The molecule has 1 atom stereocenters. The summed E-state index contributed by atoms with van der Waals surface area (Å²) in [6.45, 7) is 5.62. The van der Waals surface area contributed by atoms with E-state index >= 15 is 0 Å². The number of rotatable bonds is 4. The molecule has 1 aromatic carbocycles. The lowest BCUT2D eigenvalue weighted by atomic mass is 10.0. The average Bonchev–Trinajstić information content (AvgIpc) is 2.38. The first-order valence-corrected chi connectivity index (χ1v) is 7.69. The molecule has 0 bridgehead atoms. The summed E-state index contributed by atoms with van der Waals surface area (Å²) in [5, 5.41) is 3.27. The number of halogens is 5. The van der Waals surface area contributed by atoms with E-state index in [-0.39, 0.29) is 24.2 Å². The average molecular weight is 404 g/mol. The smallest absolute Gasteiger partial charge is 0.406 e. The Morgan fingerprint density at radius 1 is 1.27 bits per heavy atom. The van der Waals surface area contributed by atoms with Crippen LogP contribution in [0.3, 0.4) is 0 Å². The quantitative estimate of drug-likeness (QED) is 0.818. The largest absolute Gasteiger partial charge is 0.573 e. The maximum Gasteiger partial charge on any atom is 0.573 e. The van der Waals surface area contributed by atoms with E-state index in [0.29, 0.717) is 4.47 Å². The summed E-state index contributed by atoms with van der Waals surface area (Å²) in [6, 6.07) is 4.77. The number of nitrogens with one attached hydrogen (secondary N) is 1. The van der Waals surface area contributed by atoms with Gasteiger partial charge in [-0.3, -0.25) is 4.90 Å². The fraction of sp³-hybridized carbons (Fsp3) is 0.571. The summed E-state index contributed by atoms with van der Waals surface area (Å²) in [4.78, 5) is 2.29. The van der Waals surface area contributed by atoms with Crippen LogP contribution in [0.25, 0.3) is 0 Å². The minimum atomic E-state index is -4.67. The molecular formula is C14H19BrClF3N2O. The Balaban J connectivity index is 0.00000242. The van der Waals surface area contributed by atoms with Gasteiger partial charge < -0.3 is 10.1 Å². The molecule has 1 N–H and O–H groups in total. The van der Waals surface area contributed by atoms with Crippen LogP contribution in [0.15, 0.2) is 22.7 Å². The Bertz CT molecular complexity index is 482. The summed E-state index contributed by atoms with van der Waals surface area (Å²) in [6.07, 6.45) is -3.84. The molecule has 0 radical (unpaired) electrons. The highest BCUT2D eigenvalue weighted by Gasteiger charge is 2.31. The number of hydrogen-bond donors (Lipinski definition) is 1. The van der Waals surface area contributed by atoms with Crippen molar-refractivity contribution in [2.45, 2.75) is 25.7 Å². The van der Waals surface area contributed by atoms with Crippen LogP contribution in [-0.4, -0.2) is 37.4 Å². The Kier molecular flexibility index (Phi) is 7.45. The molecule has 0 aromatic heterocycles. The van der Waals surface area contributed by atoms with Crippen LogP contribution in [0, 0.1) is 0 Å². The fourth-order valence-electron chi connectivity index (χ4n) is 2.67. The van der Waals surface area contributed by atoms with Gasteiger partial charge in [-0.05, 0) is 30.2 Å². The zero-order chi connectivity index (χ0) is 15.5. The van der Waals surface area contributed by atoms with Gasteiger partial charge in [0.05, 0.1) is 0 Å². The van der Waals surface area contributed by atoms with Crippen molar-refractivity contribution in [3.8, 4) is 5.75 Å². The van der Waals surface area contributed by atoms with Crippen LogP contribution in [0.1, 0.15) is 24.9 Å². The van der Waals surface area contributed by atoms with Crippen LogP contribution in [0.5, 0.6) is 5.75 Å². The molecule has 22 heavy (non-hydrogen) atoms. The van der Waals surface area contributed by atoms with Crippen molar-refractivity contribution in [3.05, 3.63) is 28.2 Å². The summed E-state index contributed by atoms with van der Waals surface area (Å²) < 4.78 is 41.8. The molecule has 1 aliphatic rings. The van der Waals surface area contributed by atoms with Crippen molar-refractivity contribution in [2.75, 3.05) is 26.2 Å². The minimum absolute atomic E-state index is 0. The first kappa shape index (κ1) is 19.5. The second-order valence-corrected chi connectivity index (χ2v) is 5.89. The molecule has 0 unspecified atom stereocenters. The summed E-state index contributed by atoms with van der Waals surface area (Å²) in [5.74, 6) is -0.180. The van der Waals surface area contributed by atoms with Gasteiger partial charge in [0.2, 0.25) is 0 Å². The zero-order valence-corrected chi connectivity index (χ0v) is 14.5. The molecule has 0 saturated carbocycles. The van der Waals surface area contributed by atoms with E-state index in [0.717, 1.165) is 38.2 Å². The van der Waals surface area contributed by atoms with E-state index in [4.69, 9.17) is 0 Å². The van der Waals surface area contributed by atoms with Crippen molar-refractivity contribution >= 4 is 28.3 Å². The first-order chi connectivity index (χ1) is 9.89. The summed E-state index contributed by atoms with van der Waals surface area (Å²) in [7, 11) is 0. The van der Waals surface area contributed by atoms with Crippen LogP contribution < -0.4 is 10.1 Å². The van der Waals surface area contributed by atoms with Crippen LogP contribution >= 0.6 is 28.3 Å². The molecule has 8 heteroatoms. The fourth-order valence-corrected chi connectivity index (χ4v) is 3.16. The molecule has 2 rings (SSSR count). The van der Waals surface area contributed by atoms with E-state index in [1.165, 1.54) is 12.1 Å².